The maximum absolute atomic E-state index is 13.2. The van der Waals surface area contributed by atoms with Gasteiger partial charge in [0.15, 0.2) is 0 Å². The minimum absolute atomic E-state index is 0.0390. The van der Waals surface area contributed by atoms with Crippen molar-refractivity contribution < 1.29 is 21.8 Å². The molecule has 10 heteroatoms. The smallest absolute Gasteiger partial charge is 0.339 e. The normalized spacial score (nSPS) is 12.0. The molecular formula is C22H29ClFN3O4S. The third kappa shape index (κ3) is 7.96. The van der Waals surface area contributed by atoms with E-state index in [-0.39, 0.29) is 23.2 Å². The van der Waals surface area contributed by atoms with Crippen molar-refractivity contribution in [1.82, 2.24) is 15.1 Å². The highest BCUT2D eigenvalue weighted by Crippen LogP contribution is 2.28. The first-order valence-electron chi connectivity index (χ1n) is 9.97. The molecule has 7 nitrogen and oxygen atoms in total. The second-order valence-electron chi connectivity index (χ2n) is 8.65. The number of hydrogen-bond acceptors (Lipinski definition) is 5. The average molecular weight is 486 g/mol. The lowest BCUT2D eigenvalue weighted by molar-refractivity contribution is 0.180. The largest absolute Gasteiger partial charge is 0.379 e. The summed E-state index contributed by atoms with van der Waals surface area (Å²) < 4.78 is 43.9. The molecule has 1 N–H and O–H groups in total. The molecule has 0 heterocycles. The summed E-state index contributed by atoms with van der Waals surface area (Å²) >= 11 is 6.15. The van der Waals surface area contributed by atoms with Gasteiger partial charge in [0.25, 0.3) is 0 Å². The third-order valence-electron chi connectivity index (χ3n) is 4.27. The first-order chi connectivity index (χ1) is 14.8. The summed E-state index contributed by atoms with van der Waals surface area (Å²) in [6, 6.07) is 8.53. The van der Waals surface area contributed by atoms with Crippen LogP contribution in [0.3, 0.4) is 0 Å². The molecule has 2 aromatic carbocycles. The van der Waals surface area contributed by atoms with Gasteiger partial charge >= 0.3 is 16.1 Å². The highest BCUT2D eigenvalue weighted by Gasteiger charge is 2.23. The number of carbonyl (C=O) groups is 1. The lowest BCUT2D eigenvalue weighted by atomic mass is 10.1. The van der Waals surface area contributed by atoms with Crippen LogP contribution in [-0.4, -0.2) is 57.0 Å². The number of urea groups is 1. The molecule has 0 saturated carbocycles. The van der Waals surface area contributed by atoms with E-state index in [1.807, 2.05) is 39.8 Å². The zero-order valence-corrected chi connectivity index (χ0v) is 20.4. The first kappa shape index (κ1) is 25.9. The van der Waals surface area contributed by atoms with E-state index in [9.17, 15) is 17.6 Å². The summed E-state index contributed by atoms with van der Waals surface area (Å²) in [4.78, 5) is 16.2. The monoisotopic (exact) mass is 485 g/mol. The third-order valence-corrected chi connectivity index (χ3v) is 5.76. The molecule has 176 valence electrons. The van der Waals surface area contributed by atoms with E-state index < -0.39 is 21.5 Å². The molecule has 0 aromatic heterocycles. The Kier molecular flexibility index (Phi) is 8.50. The second-order valence-corrected chi connectivity index (χ2v) is 10.6. The molecule has 0 radical (unpaired) electrons. The van der Waals surface area contributed by atoms with Gasteiger partial charge in [-0.25, -0.2) is 9.18 Å². The zero-order chi connectivity index (χ0) is 24.1. The summed E-state index contributed by atoms with van der Waals surface area (Å²) in [5.74, 6) is -0.519. The standard InChI is InChI=1S/C22H29ClFN3O4S/c1-22(2,3)25-21(28)27(13-12-26(4)5)15-16-14-17(23)6-11-20(16)31-32(29,30)19-9-7-18(24)8-10-19/h6-11,14H,12-13,15H2,1-5H3,(H,25,28). The Labute approximate surface area is 194 Å². The van der Waals surface area contributed by atoms with Crippen LogP contribution in [0.2, 0.25) is 5.02 Å². The van der Waals surface area contributed by atoms with Gasteiger partial charge in [0, 0.05) is 29.2 Å². The molecule has 0 aliphatic rings. The fraction of sp³-hybridized carbons (Fsp3) is 0.409. The van der Waals surface area contributed by atoms with Crippen molar-refractivity contribution in [3.8, 4) is 5.75 Å². The molecule has 0 saturated heterocycles. The summed E-state index contributed by atoms with van der Waals surface area (Å²) in [5.41, 5.74) is -0.0291. The molecule has 2 aromatic rings. The Hall–Kier alpha value is -2.36. The highest BCUT2D eigenvalue weighted by atomic mass is 35.5. The number of halogens is 2. The molecule has 32 heavy (non-hydrogen) atoms. The number of amides is 2. The summed E-state index contributed by atoms with van der Waals surface area (Å²) in [6.07, 6.45) is 0. The quantitative estimate of drug-likeness (QED) is 0.569. The van der Waals surface area contributed by atoms with Gasteiger partial charge in [0.2, 0.25) is 0 Å². The van der Waals surface area contributed by atoms with Gasteiger partial charge in [-0.3, -0.25) is 0 Å². The average Bonchev–Trinajstić information content (AvgIpc) is 2.65. The second kappa shape index (κ2) is 10.5. The van der Waals surface area contributed by atoms with E-state index in [0.717, 1.165) is 24.3 Å². The fourth-order valence-corrected chi connectivity index (χ4v) is 3.86. The molecule has 0 bridgehead atoms. The Balaban J connectivity index is 2.35. The maximum Gasteiger partial charge on any atom is 0.339 e. The molecule has 2 rings (SSSR count). The van der Waals surface area contributed by atoms with Gasteiger partial charge in [-0.1, -0.05) is 11.6 Å². The molecule has 0 fully saturated rings. The Morgan fingerprint density at radius 2 is 1.72 bits per heavy atom. The SMILES string of the molecule is CN(C)CCN(Cc1cc(Cl)ccc1OS(=O)(=O)c1ccc(F)cc1)C(=O)NC(C)(C)C. The Bertz CT molecular complexity index is 1040. The number of nitrogens with one attached hydrogen (secondary N) is 1. The number of hydrogen-bond donors (Lipinski definition) is 1. The van der Waals surface area contributed by atoms with Gasteiger partial charge in [-0.2, -0.15) is 8.42 Å². The van der Waals surface area contributed by atoms with Crippen molar-refractivity contribution in [2.45, 2.75) is 37.8 Å². The van der Waals surface area contributed by atoms with Crippen molar-refractivity contribution >= 4 is 27.8 Å². The predicted octanol–water partition coefficient (Wildman–Crippen LogP) is 4.12. The van der Waals surface area contributed by atoms with E-state index in [1.165, 1.54) is 12.1 Å². The number of benzene rings is 2. The van der Waals surface area contributed by atoms with Gasteiger partial charge in [-0.05, 0) is 77.3 Å². The van der Waals surface area contributed by atoms with E-state index in [4.69, 9.17) is 15.8 Å². The molecule has 0 aliphatic carbocycles. The van der Waals surface area contributed by atoms with Crippen LogP contribution >= 0.6 is 11.6 Å². The van der Waals surface area contributed by atoms with E-state index in [0.29, 0.717) is 23.7 Å². The topological polar surface area (TPSA) is 79.0 Å². The van der Waals surface area contributed by atoms with E-state index >= 15 is 0 Å². The number of likely N-dealkylation sites (N-methyl/N-ethyl adjacent to an activating group) is 1. The van der Waals surface area contributed by atoms with Gasteiger partial charge in [-0.15, -0.1) is 0 Å². The predicted molar refractivity (Wildman–Crippen MR) is 123 cm³/mol. The van der Waals surface area contributed by atoms with Crippen LogP contribution in [0.4, 0.5) is 9.18 Å². The summed E-state index contributed by atoms with van der Waals surface area (Å²) in [5, 5.41) is 3.29. The van der Waals surface area contributed by atoms with Crippen LogP contribution in [-0.2, 0) is 16.7 Å². The van der Waals surface area contributed by atoms with Crippen LogP contribution in [0.25, 0.3) is 0 Å². The summed E-state index contributed by atoms with van der Waals surface area (Å²) in [6.45, 7) is 6.69. The molecular weight excluding hydrogens is 457 g/mol. The summed E-state index contributed by atoms with van der Waals surface area (Å²) in [7, 11) is -0.429. The van der Waals surface area contributed by atoms with Gasteiger partial charge < -0.3 is 19.3 Å². The first-order valence-corrected chi connectivity index (χ1v) is 11.8. The van der Waals surface area contributed by atoms with E-state index in [1.54, 1.807) is 11.0 Å². The minimum Gasteiger partial charge on any atom is -0.379 e. The van der Waals surface area contributed by atoms with Crippen LogP contribution in [0.15, 0.2) is 47.4 Å². The van der Waals surface area contributed by atoms with Gasteiger partial charge in [0.05, 0.1) is 6.54 Å². The number of rotatable bonds is 8. The van der Waals surface area contributed by atoms with E-state index in [2.05, 4.69) is 5.32 Å². The van der Waals surface area contributed by atoms with Crippen molar-refractivity contribution in [2.75, 3.05) is 27.2 Å². The lowest BCUT2D eigenvalue weighted by Crippen LogP contribution is -2.49. The van der Waals surface area contributed by atoms with Crippen LogP contribution in [0.1, 0.15) is 26.3 Å². The minimum atomic E-state index is -4.21. The number of nitrogens with zero attached hydrogens (tertiary/aromatic N) is 2. The number of carbonyl (C=O) groups excluding carboxylic acids is 1. The Morgan fingerprint density at radius 3 is 2.28 bits per heavy atom. The molecule has 0 unspecified atom stereocenters. The molecule has 0 atom stereocenters. The maximum atomic E-state index is 13.2. The zero-order valence-electron chi connectivity index (χ0n) is 18.9. The van der Waals surface area contributed by atoms with Gasteiger partial charge in [0.1, 0.15) is 16.5 Å². The molecule has 0 aliphatic heterocycles. The fourth-order valence-electron chi connectivity index (χ4n) is 2.70. The highest BCUT2D eigenvalue weighted by molar-refractivity contribution is 7.87. The molecule has 2 amide bonds. The molecule has 0 spiro atoms. The lowest BCUT2D eigenvalue weighted by Gasteiger charge is -2.30. The van der Waals surface area contributed by atoms with Crippen molar-refractivity contribution in [3.05, 3.63) is 58.9 Å². The van der Waals surface area contributed by atoms with Crippen LogP contribution in [0, 0.1) is 5.82 Å². The van der Waals surface area contributed by atoms with Crippen LogP contribution in [0.5, 0.6) is 5.75 Å². The van der Waals surface area contributed by atoms with Crippen molar-refractivity contribution in [3.63, 3.8) is 0 Å². The Morgan fingerprint density at radius 1 is 1.09 bits per heavy atom. The van der Waals surface area contributed by atoms with Crippen LogP contribution < -0.4 is 9.50 Å². The van der Waals surface area contributed by atoms with Crippen molar-refractivity contribution in [1.29, 1.82) is 0 Å². The van der Waals surface area contributed by atoms with Crippen molar-refractivity contribution in [2.24, 2.45) is 0 Å².